The summed E-state index contributed by atoms with van der Waals surface area (Å²) < 4.78 is 4.94. The Kier molecular flexibility index (Phi) is 17.5. The van der Waals surface area contributed by atoms with Gasteiger partial charge in [0.2, 0.25) is 0 Å². The van der Waals surface area contributed by atoms with Crippen LogP contribution >= 0.6 is 0 Å². The lowest BCUT2D eigenvalue weighted by atomic mass is 9.78. The zero-order valence-corrected chi connectivity index (χ0v) is 27.4. The number of phenolic OH excluding ortho intramolecular Hbond substituents is 1. The number of aryl methyl sites for hydroxylation is 1. The van der Waals surface area contributed by atoms with Gasteiger partial charge < -0.3 is 9.84 Å². The molecule has 0 saturated carbocycles. The molecule has 0 aromatic heterocycles. The minimum Gasteiger partial charge on any atom is -0.507 e. The molecule has 0 fully saturated rings. The van der Waals surface area contributed by atoms with Gasteiger partial charge in [0, 0.05) is 107 Å². The van der Waals surface area contributed by atoms with Gasteiger partial charge in [0.15, 0.2) is 0 Å². The first-order valence-corrected chi connectivity index (χ1v) is 14.0. The second-order valence-electron chi connectivity index (χ2n) is 10.9. The Morgan fingerprint density at radius 3 is 1.15 bits per heavy atom. The quantitative estimate of drug-likeness (QED) is 0.412. The lowest BCUT2D eigenvalue weighted by molar-refractivity contribution is -0.136. The first-order chi connectivity index (χ1) is 23.0. The highest BCUT2D eigenvalue weighted by Gasteiger charge is 2.26. The standard InChI is InChI=1S/C45H26O3/c1-8-9-10-11-12-13-14-15-16-17-18-19-20-21-22-23-24-25-26-27-28-29-30-31-32-33-36-48-42(46)35-34-39-37-40(44(2,3)4)43(47)41(38-39)45(5,6)7/h1,37-38,47H,34-35H2,2-7H3. The molecule has 0 aliphatic rings. The Bertz CT molecular complexity index is 2290. The van der Waals surface area contributed by atoms with Crippen molar-refractivity contribution in [2.24, 2.45) is 0 Å². The molecule has 224 valence electrons. The van der Waals surface area contributed by atoms with E-state index in [4.69, 9.17) is 11.2 Å². The van der Waals surface area contributed by atoms with Crippen LogP contribution in [0.4, 0.5) is 0 Å². The molecule has 0 atom stereocenters. The van der Waals surface area contributed by atoms with Crippen molar-refractivity contribution in [2.75, 3.05) is 0 Å². The number of esters is 1. The van der Waals surface area contributed by atoms with Crippen LogP contribution in [0.5, 0.6) is 5.75 Å². The maximum Gasteiger partial charge on any atom is 0.320 e. The second-order valence-corrected chi connectivity index (χ2v) is 10.9. The summed E-state index contributed by atoms with van der Waals surface area (Å²) in [6, 6.07) is 3.89. The molecule has 48 heavy (non-hydrogen) atoms. The fraction of sp³-hybridized carbons (Fsp3) is 0.222. The SMILES string of the molecule is C#CC#CC#CC#CC#CC#CC#CC#CC#CC#CC#CC#CC#CC#COC(=O)CCc1cc(C(C)(C)C)c(O)c(C(C)(C)C)c1. The molecule has 0 aliphatic carbocycles. The molecule has 0 heterocycles. The molecule has 3 heteroatoms. The predicted octanol–water partition coefficient (Wildman–Crippen LogP) is 4.10. The van der Waals surface area contributed by atoms with Gasteiger partial charge in [-0.25, -0.2) is 0 Å². The Morgan fingerprint density at radius 2 is 0.854 bits per heavy atom. The number of hydrogen-bond acceptors (Lipinski definition) is 3. The molecule has 0 aliphatic heterocycles. The lowest BCUT2D eigenvalue weighted by Gasteiger charge is -2.28. The van der Waals surface area contributed by atoms with E-state index in [1.54, 1.807) is 0 Å². The number of carbonyl (C=O) groups is 1. The third kappa shape index (κ3) is 18.1. The Hall–Kier alpha value is -7.67. The van der Waals surface area contributed by atoms with E-state index in [-0.39, 0.29) is 17.3 Å². The number of terminal acetylenes is 1. The van der Waals surface area contributed by atoms with Crippen LogP contribution < -0.4 is 0 Å². The van der Waals surface area contributed by atoms with Crippen LogP contribution in [0.1, 0.15) is 64.7 Å². The fourth-order valence-electron chi connectivity index (χ4n) is 3.14. The van der Waals surface area contributed by atoms with Gasteiger partial charge in [-0.15, -0.1) is 6.42 Å². The van der Waals surface area contributed by atoms with E-state index in [0.29, 0.717) is 12.2 Å². The van der Waals surface area contributed by atoms with Crippen molar-refractivity contribution in [3.8, 4) is 172 Å². The third-order valence-corrected chi connectivity index (χ3v) is 5.19. The predicted molar refractivity (Wildman–Crippen MR) is 190 cm³/mol. The first-order valence-electron chi connectivity index (χ1n) is 14.0. The topological polar surface area (TPSA) is 46.5 Å². The van der Waals surface area contributed by atoms with E-state index < -0.39 is 5.97 Å². The normalized spacial score (nSPS) is 7.60. The van der Waals surface area contributed by atoms with Gasteiger partial charge in [-0.2, -0.15) is 0 Å². The highest BCUT2D eigenvalue weighted by Crippen LogP contribution is 2.40. The zero-order chi connectivity index (χ0) is 35.5. The summed E-state index contributed by atoms with van der Waals surface area (Å²) in [6.07, 6.45) is 7.80. The molecule has 0 unspecified atom stereocenters. The summed E-state index contributed by atoms with van der Waals surface area (Å²) in [5.41, 5.74) is 2.13. The van der Waals surface area contributed by atoms with Gasteiger partial charge >= 0.3 is 5.97 Å². The summed E-state index contributed by atoms with van der Waals surface area (Å²) in [4.78, 5) is 12.2. The van der Waals surface area contributed by atoms with Crippen LogP contribution in [0.25, 0.3) is 0 Å². The summed E-state index contributed by atoms with van der Waals surface area (Å²) in [5.74, 6) is 63.8. The number of phenols is 1. The Balaban J connectivity index is 2.54. The van der Waals surface area contributed by atoms with E-state index >= 15 is 0 Å². The summed E-state index contributed by atoms with van der Waals surface area (Å²) in [7, 11) is 0. The van der Waals surface area contributed by atoms with Crippen LogP contribution in [-0.4, -0.2) is 11.1 Å². The molecule has 0 radical (unpaired) electrons. The number of carbonyl (C=O) groups excluding carboxylic acids is 1. The summed E-state index contributed by atoms with van der Waals surface area (Å²) >= 11 is 0. The molecule has 1 rings (SSSR count). The zero-order valence-electron chi connectivity index (χ0n) is 27.4. The van der Waals surface area contributed by atoms with Gasteiger partial charge in [0.25, 0.3) is 0 Å². The molecule has 0 amide bonds. The molecular formula is C45H26O3. The van der Waals surface area contributed by atoms with Gasteiger partial charge in [-0.05, 0) is 81.3 Å². The number of aromatic hydroxyl groups is 1. The lowest BCUT2D eigenvalue weighted by Crippen LogP contribution is -2.18. The molecule has 1 N–H and O–H groups in total. The largest absolute Gasteiger partial charge is 0.507 e. The van der Waals surface area contributed by atoms with Gasteiger partial charge in [-0.1, -0.05) is 53.7 Å². The first kappa shape index (κ1) is 38.4. The average Bonchev–Trinajstić information content (AvgIpc) is 3.02. The maximum absolute atomic E-state index is 12.2. The fourth-order valence-corrected chi connectivity index (χ4v) is 3.14. The number of hydrogen-bond donors (Lipinski definition) is 1. The van der Waals surface area contributed by atoms with Crippen molar-refractivity contribution in [1.82, 2.24) is 0 Å². The smallest absolute Gasteiger partial charge is 0.320 e. The Labute approximate surface area is 286 Å². The Morgan fingerprint density at radius 1 is 0.562 bits per heavy atom. The van der Waals surface area contributed by atoms with Crippen LogP contribution in [0.3, 0.4) is 0 Å². The van der Waals surface area contributed by atoms with Crippen LogP contribution in [0.15, 0.2) is 12.1 Å². The van der Waals surface area contributed by atoms with Crippen molar-refractivity contribution in [2.45, 2.75) is 65.2 Å². The minimum atomic E-state index is -0.477. The summed E-state index contributed by atoms with van der Waals surface area (Å²) in [6.45, 7) is 12.2. The van der Waals surface area contributed by atoms with Gasteiger partial charge in [0.1, 0.15) is 11.9 Å². The van der Waals surface area contributed by atoms with E-state index in [0.717, 1.165) is 16.7 Å². The van der Waals surface area contributed by atoms with E-state index in [1.165, 1.54) is 0 Å². The summed E-state index contributed by atoms with van der Waals surface area (Å²) in [5, 5.41) is 10.9. The van der Waals surface area contributed by atoms with Crippen molar-refractivity contribution in [1.29, 1.82) is 0 Å². The van der Waals surface area contributed by atoms with E-state index in [1.807, 2.05) is 53.7 Å². The van der Waals surface area contributed by atoms with Crippen LogP contribution in [0.2, 0.25) is 0 Å². The van der Waals surface area contributed by atoms with Crippen LogP contribution in [-0.2, 0) is 26.8 Å². The molecule has 0 bridgehead atoms. The number of rotatable bonds is 3. The van der Waals surface area contributed by atoms with Gasteiger partial charge in [-0.3, -0.25) is 4.79 Å². The molecule has 1 aromatic carbocycles. The molecular weight excluding hydrogens is 588 g/mol. The van der Waals surface area contributed by atoms with Gasteiger partial charge in [0.05, 0.1) is 6.42 Å². The average molecular weight is 615 g/mol. The second kappa shape index (κ2) is 21.9. The van der Waals surface area contributed by atoms with Crippen molar-refractivity contribution >= 4 is 5.97 Å². The molecule has 3 nitrogen and oxygen atoms in total. The van der Waals surface area contributed by atoms with Crippen molar-refractivity contribution in [3.05, 3.63) is 28.8 Å². The molecule has 1 aromatic rings. The third-order valence-electron chi connectivity index (χ3n) is 5.19. The minimum absolute atomic E-state index is 0.133. The van der Waals surface area contributed by atoms with Crippen molar-refractivity contribution < 1.29 is 14.6 Å². The van der Waals surface area contributed by atoms with Crippen molar-refractivity contribution in [3.63, 3.8) is 0 Å². The number of ether oxygens (including phenoxy) is 1. The monoisotopic (exact) mass is 614 g/mol. The highest BCUT2D eigenvalue weighted by atomic mass is 16.5. The maximum atomic E-state index is 12.2. The number of benzene rings is 1. The van der Waals surface area contributed by atoms with Crippen LogP contribution in [0, 0.1) is 166 Å². The van der Waals surface area contributed by atoms with E-state index in [9.17, 15) is 9.90 Å². The highest BCUT2D eigenvalue weighted by molar-refractivity contribution is 5.71. The molecule has 0 spiro atoms. The molecule has 0 saturated heterocycles. The van der Waals surface area contributed by atoms with E-state index in [2.05, 4.69) is 160 Å².